The average molecular weight is 632 g/mol. The first-order valence-corrected chi connectivity index (χ1v) is 16.6. The van der Waals surface area contributed by atoms with Crippen molar-refractivity contribution in [1.82, 2.24) is 10.2 Å². The lowest BCUT2D eigenvalue weighted by molar-refractivity contribution is -0.141. The van der Waals surface area contributed by atoms with Crippen molar-refractivity contribution in [3.05, 3.63) is 106 Å². The van der Waals surface area contributed by atoms with Gasteiger partial charge in [-0.15, -0.1) is 4.40 Å². The second-order valence-electron chi connectivity index (χ2n) is 11.6. The van der Waals surface area contributed by atoms with Crippen LogP contribution in [0.2, 0.25) is 0 Å². The van der Waals surface area contributed by atoms with Crippen LogP contribution in [0.5, 0.6) is 5.75 Å². The molecule has 238 valence electrons. The summed E-state index contributed by atoms with van der Waals surface area (Å²) in [5.41, 5.74) is 4.87. The summed E-state index contributed by atoms with van der Waals surface area (Å²) in [6.45, 7) is 8.21. The smallest absolute Gasteiger partial charge is 0.338 e. The molecule has 0 radical (unpaired) electrons. The molecule has 2 heterocycles. The Morgan fingerprint density at radius 2 is 1.58 bits per heavy atom. The number of esters is 1. The topological polar surface area (TPSA) is 107 Å². The number of hydrogen-bond acceptors (Lipinski definition) is 6. The summed E-state index contributed by atoms with van der Waals surface area (Å²) in [6, 6.07) is 20.7. The van der Waals surface area contributed by atoms with Crippen molar-refractivity contribution in [3.8, 4) is 5.75 Å². The van der Waals surface area contributed by atoms with Gasteiger partial charge in [-0.2, -0.15) is 8.42 Å². The molecule has 0 bridgehead atoms. The van der Waals surface area contributed by atoms with Crippen LogP contribution in [-0.2, 0) is 37.5 Å². The van der Waals surface area contributed by atoms with E-state index < -0.39 is 16.0 Å². The van der Waals surface area contributed by atoms with Gasteiger partial charge in [0.15, 0.2) is 0 Å². The van der Waals surface area contributed by atoms with Crippen LogP contribution < -0.4 is 10.1 Å². The molecule has 0 saturated carbocycles. The number of sulfonamides is 1. The maximum atomic E-state index is 14.0. The van der Waals surface area contributed by atoms with E-state index in [0.29, 0.717) is 54.2 Å². The van der Waals surface area contributed by atoms with Gasteiger partial charge in [0.05, 0.1) is 30.2 Å². The Morgan fingerprint density at radius 1 is 0.933 bits per heavy atom. The van der Waals surface area contributed by atoms with Gasteiger partial charge in [0.1, 0.15) is 12.4 Å². The van der Waals surface area contributed by atoms with Gasteiger partial charge in [-0.25, -0.2) is 4.79 Å². The van der Waals surface area contributed by atoms with Crippen molar-refractivity contribution in [2.24, 2.45) is 4.40 Å². The molecule has 0 spiro atoms. The van der Waals surface area contributed by atoms with Gasteiger partial charge in [-0.05, 0) is 80.8 Å². The highest BCUT2D eigenvalue weighted by Gasteiger charge is 2.44. The zero-order valence-corrected chi connectivity index (χ0v) is 27.3. The molecule has 2 atom stereocenters. The van der Waals surface area contributed by atoms with Crippen molar-refractivity contribution >= 4 is 22.0 Å². The Kier molecular flexibility index (Phi) is 9.94. The first-order chi connectivity index (χ1) is 21.6. The SMILES string of the molecule is COc1cc(C)c(S(=O)(=O)/N=C2/NC(C)=C(C(=O)OCc3ccccc3)[C@H]3CC[C@@H](CCOCc4ccccc4)N23)c(C)c1C. The van der Waals surface area contributed by atoms with Crippen LogP contribution in [0.15, 0.2) is 87.3 Å². The van der Waals surface area contributed by atoms with Gasteiger partial charge in [-0.1, -0.05) is 60.7 Å². The minimum Gasteiger partial charge on any atom is -0.496 e. The summed E-state index contributed by atoms with van der Waals surface area (Å²) in [6.07, 6.45) is 2.02. The third-order valence-corrected chi connectivity index (χ3v) is 10.1. The van der Waals surface area contributed by atoms with E-state index in [4.69, 9.17) is 14.2 Å². The van der Waals surface area contributed by atoms with Crippen LogP contribution in [0.4, 0.5) is 0 Å². The summed E-state index contributed by atoms with van der Waals surface area (Å²) in [4.78, 5) is 15.6. The number of hydrogen-bond donors (Lipinski definition) is 1. The maximum absolute atomic E-state index is 14.0. The lowest BCUT2D eigenvalue weighted by atomic mass is 10.0. The molecule has 10 heteroatoms. The molecule has 0 aromatic heterocycles. The number of carbonyl (C=O) groups is 1. The van der Waals surface area contributed by atoms with E-state index in [-0.39, 0.29) is 29.5 Å². The van der Waals surface area contributed by atoms with Gasteiger partial charge in [0.2, 0.25) is 5.96 Å². The fourth-order valence-electron chi connectivity index (χ4n) is 6.25. The molecule has 3 aromatic carbocycles. The predicted octanol–water partition coefficient (Wildman–Crippen LogP) is 5.73. The molecule has 2 aliphatic heterocycles. The lowest BCUT2D eigenvalue weighted by Gasteiger charge is -2.38. The van der Waals surface area contributed by atoms with Gasteiger partial charge in [0, 0.05) is 18.3 Å². The number of benzene rings is 3. The minimum atomic E-state index is -4.14. The molecule has 9 nitrogen and oxygen atoms in total. The lowest BCUT2D eigenvalue weighted by Crippen LogP contribution is -2.54. The summed E-state index contributed by atoms with van der Waals surface area (Å²) in [5.74, 6) is 0.397. The van der Waals surface area contributed by atoms with E-state index in [1.165, 1.54) is 0 Å². The molecule has 1 N–H and O–H groups in total. The van der Waals surface area contributed by atoms with Crippen molar-refractivity contribution in [2.45, 2.75) is 77.2 Å². The molecule has 2 aliphatic rings. The Labute approximate surface area is 266 Å². The quantitative estimate of drug-likeness (QED) is 0.212. The zero-order chi connectivity index (χ0) is 32.1. The maximum Gasteiger partial charge on any atom is 0.338 e. The van der Waals surface area contributed by atoms with Gasteiger partial charge in [0.25, 0.3) is 10.0 Å². The molecule has 0 aliphatic carbocycles. The largest absolute Gasteiger partial charge is 0.496 e. The zero-order valence-electron chi connectivity index (χ0n) is 26.5. The third-order valence-electron chi connectivity index (χ3n) is 8.59. The molecule has 3 aromatic rings. The summed E-state index contributed by atoms with van der Waals surface area (Å²) >= 11 is 0. The highest BCUT2D eigenvalue weighted by Crippen LogP contribution is 2.37. The van der Waals surface area contributed by atoms with Crippen LogP contribution in [0.25, 0.3) is 0 Å². The number of aryl methyl sites for hydroxylation is 1. The van der Waals surface area contributed by atoms with Crippen LogP contribution in [0, 0.1) is 20.8 Å². The summed E-state index contributed by atoms with van der Waals surface area (Å²) in [7, 11) is -2.58. The van der Waals surface area contributed by atoms with E-state index >= 15 is 0 Å². The predicted molar refractivity (Wildman–Crippen MR) is 173 cm³/mol. The fraction of sp³-hybridized carbons (Fsp3) is 0.371. The average Bonchev–Trinajstić information content (AvgIpc) is 3.44. The Hall–Kier alpha value is -4.15. The van der Waals surface area contributed by atoms with E-state index in [1.807, 2.05) is 72.5 Å². The molecule has 0 amide bonds. The van der Waals surface area contributed by atoms with Crippen LogP contribution >= 0.6 is 0 Å². The van der Waals surface area contributed by atoms with E-state index in [9.17, 15) is 13.2 Å². The normalized spacial score (nSPS) is 19.0. The third kappa shape index (κ3) is 7.07. The van der Waals surface area contributed by atoms with Crippen molar-refractivity contribution in [2.75, 3.05) is 13.7 Å². The van der Waals surface area contributed by atoms with Crippen LogP contribution in [0.1, 0.15) is 54.0 Å². The number of allylic oxidation sites excluding steroid dienone is 1. The van der Waals surface area contributed by atoms with Crippen molar-refractivity contribution in [3.63, 3.8) is 0 Å². The number of methoxy groups -OCH3 is 1. The highest BCUT2D eigenvalue weighted by atomic mass is 32.2. The Balaban J connectivity index is 1.45. The standard InChI is InChI=1S/C35H41N3O6S/c1-23-20-31(42-5)24(2)25(3)33(23)45(40,41)37-35-36-26(4)32(34(39)44-22-28-14-10-7-11-15-28)30-17-16-29(38(30)35)18-19-43-21-27-12-8-6-9-13-27/h6-15,20,29-30H,16-19,21-22H2,1-5H3,(H,36,37)/t29-,30+/m0/s1. The number of rotatable bonds is 11. The number of guanidine groups is 1. The fourth-order valence-corrected chi connectivity index (χ4v) is 7.72. The van der Waals surface area contributed by atoms with E-state index in [2.05, 4.69) is 9.71 Å². The second kappa shape index (κ2) is 13.9. The number of nitrogens with zero attached hydrogens (tertiary/aromatic N) is 2. The molecular formula is C35H41N3O6S. The molecule has 45 heavy (non-hydrogen) atoms. The molecule has 5 rings (SSSR count). The second-order valence-corrected chi connectivity index (χ2v) is 13.1. The van der Waals surface area contributed by atoms with Crippen LogP contribution in [-0.4, -0.2) is 51.0 Å². The first kappa shape index (κ1) is 32.2. The summed E-state index contributed by atoms with van der Waals surface area (Å²) in [5, 5.41) is 3.18. The first-order valence-electron chi connectivity index (χ1n) is 15.2. The van der Waals surface area contributed by atoms with Crippen molar-refractivity contribution < 1.29 is 27.4 Å². The number of ether oxygens (including phenoxy) is 3. The van der Waals surface area contributed by atoms with Crippen LogP contribution in [0.3, 0.4) is 0 Å². The number of fused-ring (bicyclic) bond motifs is 1. The summed E-state index contributed by atoms with van der Waals surface area (Å²) < 4.78 is 49.5. The van der Waals surface area contributed by atoms with E-state index in [0.717, 1.165) is 23.1 Å². The molecular weight excluding hydrogens is 590 g/mol. The van der Waals surface area contributed by atoms with E-state index in [1.54, 1.807) is 33.9 Å². The Morgan fingerprint density at radius 3 is 2.22 bits per heavy atom. The number of nitrogens with one attached hydrogen (secondary N) is 1. The van der Waals surface area contributed by atoms with Gasteiger partial charge in [-0.3, -0.25) is 0 Å². The number of carbonyl (C=O) groups excluding carboxylic acids is 1. The van der Waals surface area contributed by atoms with Gasteiger partial charge < -0.3 is 24.4 Å². The molecule has 1 fully saturated rings. The Bertz CT molecular complexity index is 1700. The molecule has 0 unspecified atom stereocenters. The monoisotopic (exact) mass is 631 g/mol. The minimum absolute atomic E-state index is 0.1000. The highest BCUT2D eigenvalue weighted by molar-refractivity contribution is 7.90. The van der Waals surface area contributed by atoms with Crippen molar-refractivity contribution in [1.29, 1.82) is 0 Å². The molecule has 1 saturated heterocycles. The van der Waals surface area contributed by atoms with Gasteiger partial charge >= 0.3 is 5.97 Å².